The smallest absolute Gasteiger partial charge is 0.251 e. The molecule has 1 aliphatic rings. The van der Waals surface area contributed by atoms with Crippen molar-refractivity contribution in [1.82, 2.24) is 5.32 Å². The quantitative estimate of drug-likeness (QED) is 0.860. The van der Waals surface area contributed by atoms with Gasteiger partial charge in [0.2, 0.25) is 0 Å². The first-order chi connectivity index (χ1) is 8.69. The number of anilines is 1. The molecule has 1 aromatic rings. The molecule has 1 aromatic carbocycles. The van der Waals surface area contributed by atoms with Crippen LogP contribution in [0.3, 0.4) is 0 Å². The summed E-state index contributed by atoms with van der Waals surface area (Å²) in [6, 6.07) is 8.30. The average Bonchev–Trinajstić information content (AvgIpc) is 2.39. The van der Waals surface area contributed by atoms with E-state index in [-0.39, 0.29) is 5.91 Å². The van der Waals surface area contributed by atoms with E-state index in [1.54, 1.807) is 7.05 Å². The minimum absolute atomic E-state index is 0.0344. The van der Waals surface area contributed by atoms with Gasteiger partial charge in [0, 0.05) is 24.3 Å². The van der Waals surface area contributed by atoms with Gasteiger partial charge in [-0.3, -0.25) is 4.79 Å². The van der Waals surface area contributed by atoms with Gasteiger partial charge in [-0.05, 0) is 43.0 Å². The van der Waals surface area contributed by atoms with Crippen molar-refractivity contribution < 1.29 is 4.79 Å². The molecular weight excluding hydrogens is 224 g/mol. The van der Waals surface area contributed by atoms with E-state index in [1.165, 1.54) is 25.7 Å². The second-order valence-corrected chi connectivity index (χ2v) is 5.27. The van der Waals surface area contributed by atoms with Crippen LogP contribution in [-0.2, 0) is 0 Å². The van der Waals surface area contributed by atoms with Gasteiger partial charge in [0.05, 0.1) is 0 Å². The minimum Gasteiger partial charge on any atom is -0.382 e. The molecule has 18 heavy (non-hydrogen) atoms. The van der Waals surface area contributed by atoms with Crippen molar-refractivity contribution in [2.24, 2.45) is 5.92 Å². The Morgan fingerprint density at radius 2 is 1.94 bits per heavy atom. The maximum Gasteiger partial charge on any atom is 0.251 e. The van der Waals surface area contributed by atoms with Gasteiger partial charge in [0.25, 0.3) is 5.91 Å². The molecule has 0 heterocycles. The van der Waals surface area contributed by atoms with E-state index in [2.05, 4.69) is 17.6 Å². The van der Waals surface area contributed by atoms with E-state index < -0.39 is 0 Å². The summed E-state index contributed by atoms with van der Waals surface area (Å²) >= 11 is 0. The molecule has 0 aromatic heterocycles. The van der Waals surface area contributed by atoms with E-state index in [4.69, 9.17) is 0 Å². The fraction of sp³-hybridized carbons (Fsp3) is 0.533. The number of carbonyl (C=O) groups is 1. The molecule has 1 fully saturated rings. The summed E-state index contributed by atoms with van der Waals surface area (Å²) in [6.07, 6.45) is 5.17. The molecule has 1 aliphatic carbocycles. The third kappa shape index (κ3) is 3.25. The third-order valence-electron chi connectivity index (χ3n) is 3.68. The van der Waals surface area contributed by atoms with Crippen LogP contribution >= 0.6 is 0 Å². The first-order valence-electron chi connectivity index (χ1n) is 6.77. The fourth-order valence-corrected chi connectivity index (χ4v) is 2.66. The summed E-state index contributed by atoms with van der Waals surface area (Å²) < 4.78 is 0. The summed E-state index contributed by atoms with van der Waals surface area (Å²) in [5, 5.41) is 6.19. The zero-order valence-corrected chi connectivity index (χ0v) is 11.2. The van der Waals surface area contributed by atoms with E-state index in [0.717, 1.165) is 11.6 Å². The first-order valence-corrected chi connectivity index (χ1v) is 6.77. The maximum atomic E-state index is 11.4. The van der Waals surface area contributed by atoms with Crippen molar-refractivity contribution in [1.29, 1.82) is 0 Å². The zero-order valence-electron chi connectivity index (χ0n) is 11.2. The molecule has 0 aliphatic heterocycles. The lowest BCUT2D eigenvalue weighted by atomic mass is 9.87. The van der Waals surface area contributed by atoms with E-state index in [9.17, 15) is 4.79 Å². The van der Waals surface area contributed by atoms with E-state index in [0.29, 0.717) is 11.6 Å². The molecule has 1 amide bonds. The third-order valence-corrected chi connectivity index (χ3v) is 3.68. The van der Waals surface area contributed by atoms with Crippen molar-refractivity contribution >= 4 is 11.6 Å². The molecule has 0 bridgehead atoms. The Balaban J connectivity index is 1.95. The Bertz CT molecular complexity index is 399. The Morgan fingerprint density at radius 1 is 1.22 bits per heavy atom. The lowest BCUT2D eigenvalue weighted by Gasteiger charge is -2.28. The molecule has 3 heteroatoms. The van der Waals surface area contributed by atoms with Gasteiger partial charge in [-0.25, -0.2) is 0 Å². The summed E-state index contributed by atoms with van der Waals surface area (Å²) in [5.74, 6) is 0.786. The molecule has 0 spiro atoms. The van der Waals surface area contributed by atoms with Gasteiger partial charge in [-0.1, -0.05) is 19.8 Å². The van der Waals surface area contributed by atoms with Crippen molar-refractivity contribution in [3.8, 4) is 0 Å². The van der Waals surface area contributed by atoms with Crippen LogP contribution in [-0.4, -0.2) is 19.0 Å². The van der Waals surface area contributed by atoms with Gasteiger partial charge >= 0.3 is 0 Å². The summed E-state index contributed by atoms with van der Waals surface area (Å²) in [5.41, 5.74) is 1.82. The molecule has 3 nitrogen and oxygen atoms in total. The highest BCUT2D eigenvalue weighted by Gasteiger charge is 2.18. The summed E-state index contributed by atoms with van der Waals surface area (Å²) in [4.78, 5) is 11.4. The Hall–Kier alpha value is -1.51. The first kappa shape index (κ1) is 12.9. The highest BCUT2D eigenvalue weighted by Crippen LogP contribution is 2.26. The van der Waals surface area contributed by atoms with Crippen molar-refractivity contribution in [3.05, 3.63) is 29.8 Å². The number of hydrogen-bond acceptors (Lipinski definition) is 2. The molecule has 98 valence electrons. The van der Waals surface area contributed by atoms with Crippen molar-refractivity contribution in [2.75, 3.05) is 12.4 Å². The number of nitrogens with one attached hydrogen (secondary N) is 2. The number of amides is 1. The largest absolute Gasteiger partial charge is 0.382 e. The molecule has 2 atom stereocenters. The van der Waals surface area contributed by atoms with Crippen molar-refractivity contribution in [2.45, 2.75) is 38.6 Å². The van der Waals surface area contributed by atoms with Crippen LogP contribution in [0.4, 0.5) is 5.69 Å². The van der Waals surface area contributed by atoms with Crippen molar-refractivity contribution in [3.63, 3.8) is 0 Å². The maximum absolute atomic E-state index is 11.4. The average molecular weight is 246 g/mol. The summed E-state index contributed by atoms with van der Waals surface area (Å²) in [6.45, 7) is 2.32. The molecule has 0 radical (unpaired) electrons. The highest BCUT2D eigenvalue weighted by molar-refractivity contribution is 5.94. The van der Waals surface area contributed by atoms with Gasteiger partial charge in [-0.2, -0.15) is 0 Å². The number of hydrogen-bond donors (Lipinski definition) is 2. The molecule has 0 saturated heterocycles. The molecule has 2 unspecified atom stereocenters. The van der Waals surface area contributed by atoms with E-state index >= 15 is 0 Å². The normalized spacial score (nSPS) is 23.4. The topological polar surface area (TPSA) is 41.1 Å². The Kier molecular flexibility index (Phi) is 4.24. The van der Waals surface area contributed by atoms with Gasteiger partial charge in [0.15, 0.2) is 0 Å². The van der Waals surface area contributed by atoms with Crippen LogP contribution in [0.2, 0.25) is 0 Å². The van der Waals surface area contributed by atoms with Crippen LogP contribution < -0.4 is 10.6 Å². The minimum atomic E-state index is -0.0344. The van der Waals surface area contributed by atoms with Crippen LogP contribution in [0.25, 0.3) is 0 Å². The Morgan fingerprint density at radius 3 is 2.56 bits per heavy atom. The molecule has 1 saturated carbocycles. The van der Waals surface area contributed by atoms with Crippen LogP contribution in [0.15, 0.2) is 24.3 Å². The predicted molar refractivity (Wildman–Crippen MR) is 74.9 cm³/mol. The highest BCUT2D eigenvalue weighted by atomic mass is 16.1. The lowest BCUT2D eigenvalue weighted by Crippen LogP contribution is -2.26. The molecule has 2 N–H and O–H groups in total. The van der Waals surface area contributed by atoms with Crippen LogP contribution in [0, 0.1) is 5.92 Å². The molecular formula is C15H22N2O. The second-order valence-electron chi connectivity index (χ2n) is 5.27. The zero-order chi connectivity index (χ0) is 13.0. The van der Waals surface area contributed by atoms with E-state index in [1.807, 2.05) is 24.3 Å². The Labute approximate surface area is 109 Å². The number of carbonyl (C=O) groups excluding carboxylic acids is 1. The van der Waals surface area contributed by atoms with Crippen LogP contribution in [0.5, 0.6) is 0 Å². The fourth-order valence-electron chi connectivity index (χ4n) is 2.66. The lowest BCUT2D eigenvalue weighted by molar-refractivity contribution is 0.0963. The van der Waals surface area contributed by atoms with Gasteiger partial charge in [0.1, 0.15) is 0 Å². The SMILES string of the molecule is CNC(=O)c1ccc(NC2CCCC(C)C2)cc1. The monoisotopic (exact) mass is 246 g/mol. The standard InChI is InChI=1S/C15H22N2O/c1-11-4-3-5-14(10-11)17-13-8-6-12(7-9-13)15(18)16-2/h6-9,11,14,17H,3-5,10H2,1-2H3,(H,16,18). The van der Waals surface area contributed by atoms with Gasteiger partial charge < -0.3 is 10.6 Å². The second kappa shape index (κ2) is 5.89. The number of rotatable bonds is 3. The molecule has 2 rings (SSSR count). The van der Waals surface area contributed by atoms with Crippen LogP contribution in [0.1, 0.15) is 43.0 Å². The summed E-state index contributed by atoms with van der Waals surface area (Å²) in [7, 11) is 1.65. The predicted octanol–water partition coefficient (Wildman–Crippen LogP) is 3.04. The van der Waals surface area contributed by atoms with Gasteiger partial charge in [-0.15, -0.1) is 0 Å². The number of benzene rings is 1.